The van der Waals surface area contributed by atoms with Gasteiger partial charge in [-0.1, -0.05) is 6.07 Å². The average molecular weight is 442 g/mol. The fourth-order valence-electron chi connectivity index (χ4n) is 4.08. The van der Waals surface area contributed by atoms with Crippen molar-refractivity contribution in [1.82, 2.24) is 10.2 Å². The van der Waals surface area contributed by atoms with Gasteiger partial charge in [-0.15, -0.1) is 11.3 Å². The molecule has 1 aliphatic rings. The molecule has 0 spiro atoms. The van der Waals surface area contributed by atoms with Crippen LogP contribution in [0.4, 0.5) is 14.5 Å². The summed E-state index contributed by atoms with van der Waals surface area (Å²) < 4.78 is 26.4. The number of thiophene rings is 1. The van der Waals surface area contributed by atoms with E-state index in [1.54, 1.807) is 11.3 Å². The summed E-state index contributed by atoms with van der Waals surface area (Å²) in [6, 6.07) is 16.2. The first-order valence-corrected chi connectivity index (χ1v) is 11.2. The van der Waals surface area contributed by atoms with Crippen LogP contribution in [0.15, 0.2) is 66.0 Å². The van der Waals surface area contributed by atoms with Gasteiger partial charge in [-0.05, 0) is 66.9 Å². The molecule has 1 aromatic heterocycles. The maximum Gasteiger partial charge on any atom is 0.251 e. The van der Waals surface area contributed by atoms with Crippen LogP contribution in [0.25, 0.3) is 0 Å². The molecule has 162 valence electrons. The molecule has 0 unspecified atom stereocenters. The molecule has 0 aliphatic carbocycles. The number of rotatable bonds is 6. The van der Waals surface area contributed by atoms with Crippen molar-refractivity contribution in [3.63, 3.8) is 0 Å². The van der Waals surface area contributed by atoms with Crippen LogP contribution < -0.4 is 10.2 Å². The molecule has 1 saturated heterocycles. The van der Waals surface area contributed by atoms with Crippen LogP contribution in [-0.2, 0) is 0 Å². The second-order valence-corrected chi connectivity index (χ2v) is 8.71. The van der Waals surface area contributed by atoms with E-state index in [9.17, 15) is 13.6 Å². The van der Waals surface area contributed by atoms with Crippen molar-refractivity contribution in [1.29, 1.82) is 0 Å². The highest BCUT2D eigenvalue weighted by atomic mass is 32.1. The zero-order valence-electron chi connectivity index (χ0n) is 17.3. The lowest BCUT2D eigenvalue weighted by atomic mass is 10.0. The van der Waals surface area contributed by atoms with Gasteiger partial charge in [-0.25, -0.2) is 8.78 Å². The summed E-state index contributed by atoms with van der Waals surface area (Å²) in [5.74, 6) is -0.801. The summed E-state index contributed by atoms with van der Waals surface area (Å²) in [4.78, 5) is 18.5. The summed E-state index contributed by atoms with van der Waals surface area (Å²) in [5, 5.41) is 5.15. The van der Waals surface area contributed by atoms with Crippen LogP contribution in [0.2, 0.25) is 0 Å². The molecule has 4 rings (SSSR count). The Bertz CT molecular complexity index is 985. The average Bonchev–Trinajstić information content (AvgIpc) is 3.30. The van der Waals surface area contributed by atoms with Crippen molar-refractivity contribution in [3.8, 4) is 0 Å². The third kappa shape index (κ3) is 5.11. The number of piperazine rings is 1. The number of hydrogen-bond acceptors (Lipinski definition) is 4. The van der Waals surface area contributed by atoms with E-state index < -0.39 is 0 Å². The van der Waals surface area contributed by atoms with Gasteiger partial charge >= 0.3 is 0 Å². The molecule has 2 aromatic carbocycles. The standard InChI is InChI=1S/C24H25F2N3OS/c1-17(27-24(30)18-4-6-19(25)7-5-18)23(22-3-2-16-31-22)29-14-12-28(13-15-29)21-10-8-20(26)9-11-21/h2-11,16-17,23H,12-15H2,1H3,(H,27,30)/t17-,23+/m0/s1. The van der Waals surface area contributed by atoms with Gasteiger partial charge in [0.2, 0.25) is 0 Å². The minimum Gasteiger partial charge on any atom is -0.369 e. The van der Waals surface area contributed by atoms with Crippen molar-refractivity contribution >= 4 is 22.9 Å². The van der Waals surface area contributed by atoms with Crippen molar-refractivity contribution in [3.05, 3.63) is 88.1 Å². The molecule has 0 saturated carbocycles. The Labute approximate surface area is 185 Å². The highest BCUT2D eigenvalue weighted by molar-refractivity contribution is 7.10. The number of carbonyl (C=O) groups excluding carboxylic acids is 1. The van der Waals surface area contributed by atoms with Crippen LogP contribution in [0.1, 0.15) is 28.2 Å². The zero-order valence-corrected chi connectivity index (χ0v) is 18.1. The number of nitrogens with one attached hydrogen (secondary N) is 1. The number of amides is 1. The molecule has 1 N–H and O–H groups in total. The number of anilines is 1. The molecule has 0 bridgehead atoms. The van der Waals surface area contributed by atoms with Crippen LogP contribution >= 0.6 is 11.3 Å². The Balaban J connectivity index is 1.45. The number of carbonyl (C=O) groups is 1. The van der Waals surface area contributed by atoms with E-state index in [0.717, 1.165) is 31.9 Å². The lowest BCUT2D eigenvalue weighted by Crippen LogP contribution is -2.52. The van der Waals surface area contributed by atoms with E-state index in [1.807, 2.05) is 30.5 Å². The Kier molecular flexibility index (Phi) is 6.63. The molecule has 2 heterocycles. The van der Waals surface area contributed by atoms with Crippen LogP contribution in [0, 0.1) is 11.6 Å². The van der Waals surface area contributed by atoms with Gasteiger partial charge in [-0.3, -0.25) is 9.69 Å². The van der Waals surface area contributed by atoms with E-state index in [-0.39, 0.29) is 29.6 Å². The van der Waals surface area contributed by atoms with Crippen LogP contribution in [-0.4, -0.2) is 43.0 Å². The van der Waals surface area contributed by atoms with Gasteiger partial charge < -0.3 is 10.2 Å². The smallest absolute Gasteiger partial charge is 0.251 e. The van der Waals surface area contributed by atoms with E-state index in [0.29, 0.717) is 5.56 Å². The highest BCUT2D eigenvalue weighted by Gasteiger charge is 2.31. The predicted octanol–water partition coefficient (Wildman–Crippen LogP) is 4.71. The van der Waals surface area contributed by atoms with Crippen molar-refractivity contribution < 1.29 is 13.6 Å². The number of benzene rings is 2. The normalized spacial score (nSPS) is 16.7. The topological polar surface area (TPSA) is 35.6 Å². The lowest BCUT2D eigenvalue weighted by molar-refractivity contribution is 0.0890. The molecule has 2 atom stereocenters. The van der Waals surface area contributed by atoms with Crippen molar-refractivity contribution in [2.45, 2.75) is 19.0 Å². The SMILES string of the molecule is C[C@H](NC(=O)c1ccc(F)cc1)[C@H](c1cccs1)N1CCN(c2ccc(F)cc2)CC1. The second-order valence-electron chi connectivity index (χ2n) is 7.73. The number of hydrogen-bond donors (Lipinski definition) is 1. The third-order valence-corrected chi connectivity index (χ3v) is 6.62. The minimum atomic E-state index is -0.361. The summed E-state index contributed by atoms with van der Waals surface area (Å²) in [6.45, 7) is 5.32. The molecule has 1 fully saturated rings. The first-order valence-electron chi connectivity index (χ1n) is 10.4. The molecule has 31 heavy (non-hydrogen) atoms. The molecule has 1 amide bonds. The predicted molar refractivity (Wildman–Crippen MR) is 121 cm³/mol. The quantitative estimate of drug-likeness (QED) is 0.602. The third-order valence-electron chi connectivity index (χ3n) is 5.67. The van der Waals surface area contributed by atoms with E-state index in [1.165, 1.54) is 41.3 Å². The van der Waals surface area contributed by atoms with Crippen molar-refractivity contribution in [2.75, 3.05) is 31.1 Å². The van der Waals surface area contributed by atoms with Gasteiger partial charge in [0.1, 0.15) is 11.6 Å². The lowest BCUT2D eigenvalue weighted by Gasteiger charge is -2.42. The fourth-order valence-corrected chi connectivity index (χ4v) is 5.05. The van der Waals surface area contributed by atoms with Gasteiger partial charge in [0.25, 0.3) is 5.91 Å². The number of halogens is 2. The monoisotopic (exact) mass is 441 g/mol. The maximum atomic E-state index is 13.2. The zero-order chi connectivity index (χ0) is 21.8. The Morgan fingerprint density at radius 2 is 1.55 bits per heavy atom. The van der Waals surface area contributed by atoms with Gasteiger partial charge in [0, 0.05) is 48.3 Å². The van der Waals surface area contributed by atoms with Gasteiger partial charge in [0.05, 0.1) is 6.04 Å². The Hall–Kier alpha value is -2.77. The molecule has 1 aliphatic heterocycles. The molecule has 4 nitrogen and oxygen atoms in total. The second kappa shape index (κ2) is 9.58. The summed E-state index contributed by atoms with van der Waals surface area (Å²) >= 11 is 1.68. The largest absolute Gasteiger partial charge is 0.369 e. The van der Waals surface area contributed by atoms with Gasteiger partial charge in [-0.2, -0.15) is 0 Å². The highest BCUT2D eigenvalue weighted by Crippen LogP contribution is 2.30. The summed E-state index contributed by atoms with van der Waals surface area (Å²) in [5.41, 5.74) is 1.46. The first-order chi connectivity index (χ1) is 15.0. The van der Waals surface area contributed by atoms with E-state index in [4.69, 9.17) is 0 Å². The van der Waals surface area contributed by atoms with Crippen molar-refractivity contribution in [2.24, 2.45) is 0 Å². The maximum absolute atomic E-state index is 13.2. The first kappa shape index (κ1) is 21.5. The molecular weight excluding hydrogens is 416 g/mol. The Morgan fingerprint density at radius 3 is 2.13 bits per heavy atom. The summed E-state index contributed by atoms with van der Waals surface area (Å²) in [6.07, 6.45) is 0. The molecule has 0 radical (unpaired) electrons. The van der Waals surface area contributed by atoms with E-state index >= 15 is 0 Å². The van der Waals surface area contributed by atoms with Gasteiger partial charge in [0.15, 0.2) is 0 Å². The van der Waals surface area contributed by atoms with Crippen LogP contribution in [0.3, 0.4) is 0 Å². The molecule has 3 aromatic rings. The minimum absolute atomic E-state index is 0.0415. The summed E-state index contributed by atoms with van der Waals surface area (Å²) in [7, 11) is 0. The molecular formula is C24H25F2N3OS. The fraction of sp³-hybridized carbons (Fsp3) is 0.292. The molecule has 7 heteroatoms. The Morgan fingerprint density at radius 1 is 0.935 bits per heavy atom. The number of nitrogens with zero attached hydrogens (tertiary/aromatic N) is 2. The van der Waals surface area contributed by atoms with E-state index in [2.05, 4.69) is 21.2 Å². The van der Waals surface area contributed by atoms with Crippen LogP contribution in [0.5, 0.6) is 0 Å².